The Balaban J connectivity index is 2.74. The number of nitrogens with one attached hydrogen (secondary N) is 1. The lowest BCUT2D eigenvalue weighted by Crippen LogP contribution is -2.11. The lowest BCUT2D eigenvalue weighted by Gasteiger charge is -2.03. The van der Waals surface area contributed by atoms with Crippen molar-refractivity contribution in [3.8, 4) is 0 Å². The van der Waals surface area contributed by atoms with E-state index in [-0.39, 0.29) is 6.04 Å². The minimum absolute atomic E-state index is 0.131. The van der Waals surface area contributed by atoms with Crippen molar-refractivity contribution in [2.45, 2.75) is 19.9 Å². The van der Waals surface area contributed by atoms with Crippen LogP contribution >= 0.6 is 0 Å². The van der Waals surface area contributed by atoms with Crippen LogP contribution in [0.15, 0.2) is 16.5 Å². The largest absolute Gasteiger partial charge is 0.465 e. The highest BCUT2D eigenvalue weighted by molar-refractivity contribution is 5.08. The Bertz CT molecular complexity index is 207. The van der Waals surface area contributed by atoms with Gasteiger partial charge in [-0.3, -0.25) is 0 Å². The number of furan rings is 1. The summed E-state index contributed by atoms with van der Waals surface area (Å²) in [4.78, 5) is 0. The highest BCUT2D eigenvalue weighted by Gasteiger charge is 2.05. The van der Waals surface area contributed by atoms with Gasteiger partial charge in [-0.1, -0.05) is 0 Å². The molecule has 10 heavy (non-hydrogen) atoms. The summed E-state index contributed by atoms with van der Waals surface area (Å²) in [6.07, 6.45) is 0. The van der Waals surface area contributed by atoms with Crippen LogP contribution in [0.4, 0.5) is 0 Å². The van der Waals surface area contributed by atoms with E-state index in [1.165, 1.54) is 0 Å². The van der Waals surface area contributed by atoms with Crippen molar-refractivity contribution >= 4 is 0 Å². The molecule has 3 heteroatoms. The zero-order valence-electron chi connectivity index (χ0n) is 6.09. The van der Waals surface area contributed by atoms with Gasteiger partial charge in [0.05, 0.1) is 6.04 Å². The van der Waals surface area contributed by atoms with Crippen LogP contribution in [-0.2, 0) is 0 Å². The van der Waals surface area contributed by atoms with E-state index in [9.17, 15) is 0 Å². The summed E-state index contributed by atoms with van der Waals surface area (Å²) >= 11 is 0. The summed E-state index contributed by atoms with van der Waals surface area (Å²) in [6.45, 7) is 3.69. The zero-order valence-corrected chi connectivity index (χ0v) is 6.09. The van der Waals surface area contributed by atoms with Crippen LogP contribution in [0, 0.1) is 6.92 Å². The van der Waals surface area contributed by atoms with Crippen molar-refractivity contribution in [2.75, 3.05) is 0 Å². The van der Waals surface area contributed by atoms with Gasteiger partial charge in [0.25, 0.3) is 0 Å². The molecule has 0 unspecified atom stereocenters. The number of rotatable bonds is 2. The maximum Gasteiger partial charge on any atom is 0.123 e. The van der Waals surface area contributed by atoms with Crippen LogP contribution in [0.3, 0.4) is 0 Å². The number of hydrogen-bond donors (Lipinski definition) is 2. The molecule has 0 aliphatic heterocycles. The molecule has 0 aliphatic rings. The van der Waals surface area contributed by atoms with Gasteiger partial charge in [-0.25, -0.2) is 0 Å². The van der Waals surface area contributed by atoms with E-state index in [1.807, 2.05) is 26.0 Å². The SMILES string of the molecule is Cc1ccc([C@@H](C)NO)o1. The van der Waals surface area contributed by atoms with Gasteiger partial charge in [0.2, 0.25) is 0 Å². The molecular formula is C7H11NO2. The van der Waals surface area contributed by atoms with Crippen molar-refractivity contribution in [1.82, 2.24) is 5.48 Å². The van der Waals surface area contributed by atoms with Crippen LogP contribution in [0.25, 0.3) is 0 Å². The van der Waals surface area contributed by atoms with E-state index in [0.717, 1.165) is 11.5 Å². The van der Waals surface area contributed by atoms with Crippen molar-refractivity contribution < 1.29 is 9.62 Å². The van der Waals surface area contributed by atoms with E-state index < -0.39 is 0 Å². The molecule has 0 spiro atoms. The fourth-order valence-corrected chi connectivity index (χ4v) is 0.750. The predicted molar refractivity (Wildman–Crippen MR) is 36.8 cm³/mol. The fourth-order valence-electron chi connectivity index (χ4n) is 0.750. The molecular weight excluding hydrogens is 130 g/mol. The number of aryl methyl sites for hydroxylation is 1. The molecule has 0 aromatic carbocycles. The third kappa shape index (κ3) is 1.37. The lowest BCUT2D eigenvalue weighted by atomic mass is 10.3. The number of hydroxylamine groups is 1. The molecule has 1 aromatic rings. The minimum Gasteiger partial charge on any atom is -0.465 e. The molecule has 0 bridgehead atoms. The van der Waals surface area contributed by atoms with Crippen LogP contribution in [0.5, 0.6) is 0 Å². The van der Waals surface area contributed by atoms with Gasteiger partial charge in [0.15, 0.2) is 0 Å². The summed E-state index contributed by atoms with van der Waals surface area (Å²) in [7, 11) is 0. The molecule has 2 N–H and O–H groups in total. The van der Waals surface area contributed by atoms with Gasteiger partial charge in [-0.05, 0) is 26.0 Å². The third-order valence-electron chi connectivity index (χ3n) is 1.38. The van der Waals surface area contributed by atoms with Crippen LogP contribution < -0.4 is 5.48 Å². The van der Waals surface area contributed by atoms with Gasteiger partial charge < -0.3 is 9.62 Å². The Morgan fingerprint density at radius 3 is 2.70 bits per heavy atom. The van der Waals surface area contributed by atoms with Crippen LogP contribution in [0.1, 0.15) is 24.5 Å². The first-order chi connectivity index (χ1) is 4.74. The smallest absolute Gasteiger partial charge is 0.123 e. The number of hydrogen-bond acceptors (Lipinski definition) is 3. The Hall–Kier alpha value is -0.800. The maximum absolute atomic E-state index is 8.49. The summed E-state index contributed by atoms with van der Waals surface area (Å²) in [5.41, 5.74) is 2.10. The molecule has 3 nitrogen and oxygen atoms in total. The van der Waals surface area contributed by atoms with Gasteiger partial charge in [0, 0.05) is 0 Å². The Morgan fingerprint density at radius 2 is 2.30 bits per heavy atom. The quantitative estimate of drug-likeness (QED) is 0.615. The average molecular weight is 141 g/mol. The van der Waals surface area contributed by atoms with Crippen LogP contribution in [0.2, 0.25) is 0 Å². The first-order valence-corrected chi connectivity index (χ1v) is 3.20. The second kappa shape index (κ2) is 2.86. The normalized spacial score (nSPS) is 13.5. The molecule has 0 radical (unpaired) electrons. The van der Waals surface area contributed by atoms with E-state index >= 15 is 0 Å². The first-order valence-electron chi connectivity index (χ1n) is 3.20. The van der Waals surface area contributed by atoms with Gasteiger partial charge in [-0.15, -0.1) is 0 Å². The standard InChI is InChI=1S/C7H11NO2/c1-5-3-4-7(10-5)6(2)8-9/h3-4,6,8-9H,1-2H3/t6-/m1/s1. The third-order valence-corrected chi connectivity index (χ3v) is 1.38. The van der Waals surface area contributed by atoms with E-state index in [1.54, 1.807) is 0 Å². The highest BCUT2D eigenvalue weighted by Crippen LogP contribution is 2.14. The van der Waals surface area contributed by atoms with E-state index in [4.69, 9.17) is 9.62 Å². The van der Waals surface area contributed by atoms with Gasteiger partial charge >= 0.3 is 0 Å². The summed E-state index contributed by atoms with van der Waals surface area (Å²) in [5, 5.41) is 8.49. The Kier molecular flexibility index (Phi) is 2.09. The van der Waals surface area contributed by atoms with Gasteiger partial charge in [-0.2, -0.15) is 5.48 Å². The van der Waals surface area contributed by atoms with Crippen molar-refractivity contribution in [1.29, 1.82) is 0 Å². The van der Waals surface area contributed by atoms with Crippen molar-refractivity contribution in [3.05, 3.63) is 23.7 Å². The van der Waals surface area contributed by atoms with Crippen LogP contribution in [-0.4, -0.2) is 5.21 Å². The molecule has 0 fully saturated rings. The molecule has 0 amide bonds. The van der Waals surface area contributed by atoms with E-state index in [0.29, 0.717) is 0 Å². The highest BCUT2D eigenvalue weighted by atomic mass is 16.5. The molecule has 1 aromatic heterocycles. The Labute approximate surface area is 59.6 Å². The topological polar surface area (TPSA) is 45.4 Å². The minimum atomic E-state index is -0.131. The molecule has 56 valence electrons. The zero-order chi connectivity index (χ0) is 7.56. The van der Waals surface area contributed by atoms with Crippen molar-refractivity contribution in [3.63, 3.8) is 0 Å². The second-order valence-electron chi connectivity index (χ2n) is 2.30. The lowest BCUT2D eigenvalue weighted by molar-refractivity contribution is 0.123. The second-order valence-corrected chi connectivity index (χ2v) is 2.30. The average Bonchev–Trinajstić information content (AvgIpc) is 2.34. The molecule has 0 saturated carbocycles. The summed E-state index contributed by atoms with van der Waals surface area (Å²) in [5.74, 6) is 1.61. The molecule has 0 saturated heterocycles. The summed E-state index contributed by atoms with van der Waals surface area (Å²) in [6, 6.07) is 3.57. The first kappa shape index (κ1) is 7.31. The van der Waals surface area contributed by atoms with Gasteiger partial charge in [0.1, 0.15) is 11.5 Å². The Morgan fingerprint density at radius 1 is 1.60 bits per heavy atom. The molecule has 1 rings (SSSR count). The van der Waals surface area contributed by atoms with Crippen molar-refractivity contribution in [2.24, 2.45) is 0 Å². The fraction of sp³-hybridized carbons (Fsp3) is 0.429. The monoisotopic (exact) mass is 141 g/mol. The van der Waals surface area contributed by atoms with E-state index in [2.05, 4.69) is 5.48 Å². The molecule has 1 heterocycles. The molecule has 0 aliphatic carbocycles. The maximum atomic E-state index is 8.49. The summed E-state index contributed by atoms with van der Waals surface area (Å²) < 4.78 is 5.21. The molecule has 1 atom stereocenters. The predicted octanol–water partition coefficient (Wildman–Crippen LogP) is 1.63.